The van der Waals surface area contributed by atoms with E-state index in [9.17, 15) is 0 Å². The average Bonchev–Trinajstić information content (AvgIpc) is 3.28. The zero-order valence-electron chi connectivity index (χ0n) is 14.0. The molecule has 2 rings (SSSR count). The van der Waals surface area contributed by atoms with Gasteiger partial charge >= 0.3 is 0 Å². The van der Waals surface area contributed by atoms with Crippen molar-refractivity contribution < 1.29 is 4.74 Å². The molecule has 0 saturated heterocycles. The van der Waals surface area contributed by atoms with Crippen molar-refractivity contribution in [2.75, 3.05) is 20.2 Å². The van der Waals surface area contributed by atoms with Crippen LogP contribution in [0.4, 0.5) is 0 Å². The lowest BCUT2D eigenvalue weighted by atomic mass is 10.1. The number of nitrogens with zero attached hydrogens (tertiary/aromatic N) is 1. The summed E-state index contributed by atoms with van der Waals surface area (Å²) in [5.41, 5.74) is 2.64. The molecule has 0 spiro atoms. The fourth-order valence-corrected chi connectivity index (χ4v) is 2.64. The van der Waals surface area contributed by atoms with Gasteiger partial charge in [0.2, 0.25) is 0 Å². The Kier molecular flexibility index (Phi) is 6.07. The topological polar surface area (TPSA) is 24.5 Å². The highest BCUT2D eigenvalue weighted by atomic mass is 16.5. The first-order chi connectivity index (χ1) is 10.1. The molecule has 118 valence electrons. The van der Waals surface area contributed by atoms with Gasteiger partial charge in [-0.1, -0.05) is 13.0 Å². The second-order valence-corrected chi connectivity index (χ2v) is 6.39. The number of methoxy groups -OCH3 is 1. The molecular weight excluding hydrogens is 260 g/mol. The van der Waals surface area contributed by atoms with Crippen LogP contribution in [0.1, 0.15) is 44.7 Å². The predicted molar refractivity (Wildman–Crippen MR) is 88.6 cm³/mol. The number of hydrogen-bond donors (Lipinski definition) is 1. The van der Waals surface area contributed by atoms with Crippen LogP contribution in [-0.4, -0.2) is 31.1 Å². The third kappa shape index (κ3) is 5.01. The summed E-state index contributed by atoms with van der Waals surface area (Å²) in [7, 11) is 1.77. The quantitative estimate of drug-likeness (QED) is 0.754. The van der Waals surface area contributed by atoms with Crippen LogP contribution in [0.3, 0.4) is 0 Å². The SMILES string of the molecule is CCNCc1ccc(OC)c(CN(CC2CC2)C(C)C)c1. The first-order valence-corrected chi connectivity index (χ1v) is 8.24. The van der Waals surface area contributed by atoms with Crippen molar-refractivity contribution >= 4 is 0 Å². The summed E-state index contributed by atoms with van der Waals surface area (Å²) < 4.78 is 5.56. The lowest BCUT2D eigenvalue weighted by Gasteiger charge is -2.27. The van der Waals surface area contributed by atoms with Crippen LogP contribution >= 0.6 is 0 Å². The molecule has 0 unspecified atom stereocenters. The molecule has 21 heavy (non-hydrogen) atoms. The number of hydrogen-bond acceptors (Lipinski definition) is 3. The van der Waals surface area contributed by atoms with E-state index in [0.717, 1.165) is 31.3 Å². The first kappa shape index (κ1) is 16.3. The van der Waals surface area contributed by atoms with E-state index in [1.807, 2.05) is 0 Å². The summed E-state index contributed by atoms with van der Waals surface area (Å²) in [6, 6.07) is 7.14. The van der Waals surface area contributed by atoms with Gasteiger partial charge in [0.25, 0.3) is 0 Å². The Labute approximate surface area is 129 Å². The van der Waals surface area contributed by atoms with Crippen molar-refractivity contribution in [3.8, 4) is 5.75 Å². The summed E-state index contributed by atoms with van der Waals surface area (Å²) in [5.74, 6) is 1.93. The minimum absolute atomic E-state index is 0.577. The lowest BCUT2D eigenvalue weighted by Crippen LogP contribution is -2.32. The summed E-state index contributed by atoms with van der Waals surface area (Å²) in [5, 5.41) is 3.39. The molecule has 1 aliphatic carbocycles. The van der Waals surface area contributed by atoms with Crippen LogP contribution in [0.5, 0.6) is 5.75 Å². The van der Waals surface area contributed by atoms with Crippen LogP contribution in [0.2, 0.25) is 0 Å². The number of benzene rings is 1. The molecule has 1 fully saturated rings. The van der Waals surface area contributed by atoms with Crippen LogP contribution in [0.15, 0.2) is 18.2 Å². The van der Waals surface area contributed by atoms with E-state index in [4.69, 9.17) is 4.74 Å². The molecular formula is C18H30N2O. The summed E-state index contributed by atoms with van der Waals surface area (Å²) in [6.07, 6.45) is 2.81. The largest absolute Gasteiger partial charge is 0.496 e. The van der Waals surface area contributed by atoms with E-state index < -0.39 is 0 Å². The maximum Gasteiger partial charge on any atom is 0.123 e. The lowest BCUT2D eigenvalue weighted by molar-refractivity contribution is 0.201. The Bertz CT molecular complexity index is 441. The number of ether oxygens (including phenoxy) is 1. The standard InChI is InChI=1S/C18H30N2O/c1-5-19-11-16-8-9-18(21-4)17(10-16)13-20(14(2)3)12-15-6-7-15/h8-10,14-15,19H,5-7,11-13H2,1-4H3. The Hall–Kier alpha value is -1.06. The monoisotopic (exact) mass is 290 g/mol. The van der Waals surface area contributed by atoms with E-state index in [0.29, 0.717) is 6.04 Å². The zero-order chi connectivity index (χ0) is 15.2. The van der Waals surface area contributed by atoms with Crippen LogP contribution < -0.4 is 10.1 Å². The number of nitrogens with one attached hydrogen (secondary N) is 1. The van der Waals surface area contributed by atoms with Gasteiger partial charge in [-0.05, 0) is 56.8 Å². The molecule has 1 aromatic carbocycles. The number of rotatable bonds is 9. The van der Waals surface area contributed by atoms with E-state index in [-0.39, 0.29) is 0 Å². The fourth-order valence-electron chi connectivity index (χ4n) is 2.64. The molecule has 0 aromatic heterocycles. The van der Waals surface area contributed by atoms with E-state index >= 15 is 0 Å². The van der Waals surface area contributed by atoms with Crippen molar-refractivity contribution in [3.63, 3.8) is 0 Å². The van der Waals surface area contributed by atoms with Gasteiger partial charge in [0.1, 0.15) is 5.75 Å². The third-order valence-corrected chi connectivity index (χ3v) is 4.22. The Morgan fingerprint density at radius 2 is 2.10 bits per heavy atom. The molecule has 0 radical (unpaired) electrons. The average molecular weight is 290 g/mol. The normalized spacial score (nSPS) is 15.0. The Morgan fingerprint density at radius 1 is 1.33 bits per heavy atom. The van der Waals surface area contributed by atoms with Gasteiger partial charge in [0.05, 0.1) is 7.11 Å². The highest BCUT2D eigenvalue weighted by Crippen LogP contribution is 2.31. The van der Waals surface area contributed by atoms with Crippen molar-refractivity contribution in [1.29, 1.82) is 0 Å². The minimum atomic E-state index is 0.577. The van der Waals surface area contributed by atoms with Gasteiger partial charge in [-0.3, -0.25) is 4.90 Å². The van der Waals surface area contributed by atoms with Gasteiger partial charge in [-0.15, -0.1) is 0 Å². The molecule has 1 aromatic rings. The fraction of sp³-hybridized carbons (Fsp3) is 0.667. The van der Waals surface area contributed by atoms with Gasteiger partial charge < -0.3 is 10.1 Å². The molecule has 3 nitrogen and oxygen atoms in total. The summed E-state index contributed by atoms with van der Waals surface area (Å²) in [4.78, 5) is 2.58. The highest BCUT2D eigenvalue weighted by Gasteiger charge is 2.26. The van der Waals surface area contributed by atoms with E-state index in [1.54, 1.807) is 7.11 Å². The molecule has 1 aliphatic rings. The minimum Gasteiger partial charge on any atom is -0.496 e. The highest BCUT2D eigenvalue weighted by molar-refractivity contribution is 5.37. The molecule has 3 heteroatoms. The van der Waals surface area contributed by atoms with Crippen molar-refractivity contribution in [3.05, 3.63) is 29.3 Å². The Balaban J connectivity index is 2.10. The molecule has 0 aliphatic heterocycles. The molecule has 1 saturated carbocycles. The Morgan fingerprint density at radius 3 is 2.67 bits per heavy atom. The van der Waals surface area contributed by atoms with Crippen molar-refractivity contribution in [1.82, 2.24) is 10.2 Å². The van der Waals surface area contributed by atoms with E-state index in [1.165, 1.54) is 30.5 Å². The first-order valence-electron chi connectivity index (χ1n) is 8.24. The second kappa shape index (κ2) is 7.81. The van der Waals surface area contributed by atoms with Gasteiger partial charge in [-0.25, -0.2) is 0 Å². The molecule has 0 amide bonds. The second-order valence-electron chi connectivity index (χ2n) is 6.39. The summed E-state index contributed by atoms with van der Waals surface area (Å²) in [6.45, 7) is 10.9. The smallest absolute Gasteiger partial charge is 0.123 e. The molecule has 0 bridgehead atoms. The van der Waals surface area contributed by atoms with Crippen LogP contribution in [0, 0.1) is 5.92 Å². The van der Waals surface area contributed by atoms with Gasteiger partial charge in [-0.2, -0.15) is 0 Å². The van der Waals surface area contributed by atoms with E-state index in [2.05, 4.69) is 49.2 Å². The third-order valence-electron chi connectivity index (χ3n) is 4.22. The molecule has 0 atom stereocenters. The van der Waals surface area contributed by atoms with Gasteiger partial charge in [0.15, 0.2) is 0 Å². The van der Waals surface area contributed by atoms with Crippen LogP contribution in [0.25, 0.3) is 0 Å². The molecule has 0 heterocycles. The predicted octanol–water partition coefficient (Wildman–Crippen LogP) is 3.43. The summed E-state index contributed by atoms with van der Waals surface area (Å²) >= 11 is 0. The molecule has 1 N–H and O–H groups in total. The van der Waals surface area contributed by atoms with Crippen molar-refractivity contribution in [2.24, 2.45) is 5.92 Å². The van der Waals surface area contributed by atoms with Gasteiger partial charge in [0, 0.05) is 31.2 Å². The maximum atomic E-state index is 5.56. The van der Waals surface area contributed by atoms with Crippen molar-refractivity contribution in [2.45, 2.75) is 52.7 Å². The van der Waals surface area contributed by atoms with Crippen LogP contribution in [-0.2, 0) is 13.1 Å². The zero-order valence-corrected chi connectivity index (χ0v) is 14.0. The maximum absolute atomic E-state index is 5.56.